The van der Waals surface area contributed by atoms with Crippen LogP contribution in [0.4, 0.5) is 0 Å². The summed E-state index contributed by atoms with van der Waals surface area (Å²) in [4.78, 5) is 6.86. The van der Waals surface area contributed by atoms with Crippen molar-refractivity contribution in [1.29, 1.82) is 5.26 Å². The summed E-state index contributed by atoms with van der Waals surface area (Å²) in [7, 11) is -1.48. The molecule has 1 aliphatic heterocycles. The van der Waals surface area contributed by atoms with E-state index in [9.17, 15) is 8.42 Å². The summed E-state index contributed by atoms with van der Waals surface area (Å²) in [6.45, 7) is 1.06. The van der Waals surface area contributed by atoms with Gasteiger partial charge in [0.05, 0.1) is 17.3 Å². The minimum Gasteiger partial charge on any atom is -0.299 e. The summed E-state index contributed by atoms with van der Waals surface area (Å²) in [6.07, 6.45) is 7.16. The highest BCUT2D eigenvalue weighted by atomic mass is 32.2. The highest BCUT2D eigenvalue weighted by molar-refractivity contribution is 7.89. The standard InChI is InChI=1S/C23H28N4O2S/c1-26(20-6-3-2-4-7-20)21-14-15-27(17-21)30(28,29)23-9-5-8-22(25-23)19-12-10-18(16-24)11-13-19/h5,8-13,20-21H,2-4,6-7,14-15,17H2,1H3. The molecule has 1 saturated heterocycles. The zero-order valence-corrected chi connectivity index (χ0v) is 18.2. The first-order chi connectivity index (χ1) is 14.5. The lowest BCUT2D eigenvalue weighted by molar-refractivity contribution is 0.143. The molecule has 7 heteroatoms. The third kappa shape index (κ3) is 4.27. The molecule has 4 rings (SSSR count). The van der Waals surface area contributed by atoms with Gasteiger partial charge in [0.25, 0.3) is 10.0 Å². The normalized spacial score (nSPS) is 21.0. The van der Waals surface area contributed by atoms with E-state index in [1.165, 1.54) is 32.1 Å². The largest absolute Gasteiger partial charge is 0.299 e. The van der Waals surface area contributed by atoms with Gasteiger partial charge in [0.1, 0.15) is 0 Å². The summed E-state index contributed by atoms with van der Waals surface area (Å²) in [5.41, 5.74) is 1.95. The topological polar surface area (TPSA) is 77.3 Å². The van der Waals surface area contributed by atoms with Crippen LogP contribution in [-0.2, 0) is 10.0 Å². The maximum absolute atomic E-state index is 13.3. The quantitative estimate of drug-likeness (QED) is 0.732. The number of sulfonamides is 1. The third-order valence-corrected chi connectivity index (χ3v) is 8.26. The van der Waals surface area contributed by atoms with Crippen molar-refractivity contribution in [1.82, 2.24) is 14.2 Å². The maximum atomic E-state index is 13.3. The second-order valence-corrected chi connectivity index (χ2v) is 10.2. The second-order valence-electron chi connectivity index (χ2n) is 8.31. The van der Waals surface area contributed by atoms with Gasteiger partial charge in [0, 0.05) is 30.7 Å². The van der Waals surface area contributed by atoms with E-state index in [1.54, 1.807) is 46.8 Å². The maximum Gasteiger partial charge on any atom is 0.260 e. The van der Waals surface area contributed by atoms with E-state index in [4.69, 9.17) is 5.26 Å². The number of pyridine rings is 1. The Labute approximate surface area is 179 Å². The van der Waals surface area contributed by atoms with E-state index < -0.39 is 10.0 Å². The molecule has 1 aromatic carbocycles. The Hall–Kier alpha value is -2.27. The minimum absolute atomic E-state index is 0.0883. The van der Waals surface area contributed by atoms with Crippen LogP contribution in [-0.4, -0.2) is 54.8 Å². The number of benzene rings is 1. The Balaban J connectivity index is 1.50. The lowest BCUT2D eigenvalue weighted by Gasteiger charge is -2.35. The Bertz CT molecular complexity index is 1020. The molecular weight excluding hydrogens is 396 g/mol. The third-order valence-electron chi connectivity index (χ3n) is 6.49. The van der Waals surface area contributed by atoms with E-state index in [0.717, 1.165) is 12.0 Å². The smallest absolute Gasteiger partial charge is 0.260 e. The van der Waals surface area contributed by atoms with Crippen LogP contribution in [0.3, 0.4) is 0 Å². The average Bonchev–Trinajstić information content (AvgIpc) is 3.30. The molecule has 2 aromatic rings. The van der Waals surface area contributed by atoms with Gasteiger partial charge in [-0.15, -0.1) is 0 Å². The van der Waals surface area contributed by atoms with E-state index in [1.807, 2.05) is 0 Å². The lowest BCUT2D eigenvalue weighted by atomic mass is 9.93. The Morgan fingerprint density at radius 3 is 2.47 bits per heavy atom. The molecule has 1 aliphatic carbocycles. The molecule has 2 aliphatic rings. The molecule has 30 heavy (non-hydrogen) atoms. The van der Waals surface area contributed by atoms with Gasteiger partial charge in [-0.2, -0.15) is 9.57 Å². The van der Waals surface area contributed by atoms with E-state index in [-0.39, 0.29) is 11.1 Å². The number of hydrogen-bond donors (Lipinski definition) is 0. The van der Waals surface area contributed by atoms with Gasteiger partial charge < -0.3 is 0 Å². The molecule has 1 aromatic heterocycles. The molecule has 1 saturated carbocycles. The number of nitrogens with zero attached hydrogens (tertiary/aromatic N) is 4. The molecule has 0 spiro atoms. The van der Waals surface area contributed by atoms with Gasteiger partial charge in [-0.05, 0) is 50.6 Å². The van der Waals surface area contributed by atoms with Crippen LogP contribution in [0.1, 0.15) is 44.1 Å². The average molecular weight is 425 g/mol. The fourth-order valence-corrected chi connectivity index (χ4v) is 6.06. The summed E-state index contributed by atoms with van der Waals surface area (Å²) in [6, 6.07) is 15.0. The van der Waals surface area contributed by atoms with Crippen LogP contribution in [0, 0.1) is 11.3 Å². The summed E-state index contributed by atoms with van der Waals surface area (Å²) in [5.74, 6) is 0. The van der Waals surface area contributed by atoms with Gasteiger partial charge in [-0.1, -0.05) is 37.5 Å². The van der Waals surface area contributed by atoms with Crippen LogP contribution in [0.25, 0.3) is 11.3 Å². The lowest BCUT2D eigenvalue weighted by Crippen LogP contribution is -2.43. The molecule has 1 unspecified atom stereocenters. The summed E-state index contributed by atoms with van der Waals surface area (Å²) >= 11 is 0. The first-order valence-electron chi connectivity index (χ1n) is 10.7. The number of hydrogen-bond acceptors (Lipinski definition) is 5. The minimum atomic E-state index is -3.64. The van der Waals surface area contributed by atoms with Crippen molar-refractivity contribution in [3.05, 3.63) is 48.0 Å². The predicted molar refractivity (Wildman–Crippen MR) is 116 cm³/mol. The Morgan fingerprint density at radius 2 is 1.77 bits per heavy atom. The molecular formula is C23H28N4O2S. The first-order valence-corrected chi connectivity index (χ1v) is 12.1. The number of rotatable bonds is 5. The number of nitriles is 1. The van der Waals surface area contributed by atoms with Gasteiger partial charge in [-0.25, -0.2) is 13.4 Å². The highest BCUT2D eigenvalue weighted by Crippen LogP contribution is 2.29. The highest BCUT2D eigenvalue weighted by Gasteiger charge is 2.37. The van der Waals surface area contributed by atoms with Crippen LogP contribution in [0.5, 0.6) is 0 Å². The first kappa shape index (κ1) is 21.0. The van der Waals surface area contributed by atoms with Crippen molar-refractivity contribution in [2.75, 3.05) is 20.1 Å². The van der Waals surface area contributed by atoms with Crippen LogP contribution in [0.15, 0.2) is 47.5 Å². The molecule has 0 N–H and O–H groups in total. The molecule has 2 heterocycles. The molecule has 6 nitrogen and oxygen atoms in total. The van der Waals surface area contributed by atoms with Crippen molar-refractivity contribution in [2.45, 2.75) is 55.6 Å². The second kappa shape index (κ2) is 8.84. The zero-order chi connectivity index (χ0) is 21.1. The van der Waals surface area contributed by atoms with Crippen molar-refractivity contribution < 1.29 is 8.42 Å². The van der Waals surface area contributed by atoms with E-state index >= 15 is 0 Å². The van der Waals surface area contributed by atoms with Crippen molar-refractivity contribution in [2.24, 2.45) is 0 Å². The van der Waals surface area contributed by atoms with Crippen molar-refractivity contribution in [3.63, 3.8) is 0 Å². The molecule has 0 radical (unpaired) electrons. The molecule has 2 fully saturated rings. The predicted octanol–water partition coefficient (Wildman–Crippen LogP) is 3.65. The van der Waals surface area contributed by atoms with Crippen LogP contribution >= 0.6 is 0 Å². The van der Waals surface area contributed by atoms with Crippen LogP contribution in [0.2, 0.25) is 0 Å². The van der Waals surface area contributed by atoms with Gasteiger partial charge in [0.15, 0.2) is 5.03 Å². The Morgan fingerprint density at radius 1 is 1.03 bits per heavy atom. The zero-order valence-electron chi connectivity index (χ0n) is 17.4. The fourth-order valence-electron chi connectivity index (χ4n) is 4.61. The molecule has 0 amide bonds. The molecule has 158 valence electrons. The van der Waals surface area contributed by atoms with E-state index in [2.05, 4.69) is 23.0 Å². The van der Waals surface area contributed by atoms with E-state index in [0.29, 0.717) is 30.4 Å². The molecule has 0 bridgehead atoms. The van der Waals surface area contributed by atoms with Gasteiger partial charge in [-0.3, -0.25) is 4.90 Å². The monoisotopic (exact) mass is 424 g/mol. The Kier molecular flexibility index (Phi) is 6.19. The SMILES string of the molecule is CN(C1CCCCC1)C1CCN(S(=O)(=O)c2cccc(-c3ccc(C#N)cc3)n2)C1. The number of likely N-dealkylation sites (N-methyl/N-ethyl adjacent to an activating group) is 1. The van der Waals surface area contributed by atoms with Crippen molar-refractivity contribution in [3.8, 4) is 17.3 Å². The summed E-state index contributed by atoms with van der Waals surface area (Å²) in [5, 5.41) is 9.05. The van der Waals surface area contributed by atoms with Crippen LogP contribution < -0.4 is 0 Å². The fraction of sp³-hybridized carbons (Fsp3) is 0.478. The summed E-state index contributed by atoms with van der Waals surface area (Å²) < 4.78 is 28.1. The molecule has 1 atom stereocenters. The van der Waals surface area contributed by atoms with Crippen molar-refractivity contribution >= 4 is 10.0 Å². The van der Waals surface area contributed by atoms with Gasteiger partial charge >= 0.3 is 0 Å². The number of aromatic nitrogens is 1. The van der Waals surface area contributed by atoms with Gasteiger partial charge in [0.2, 0.25) is 0 Å².